The van der Waals surface area contributed by atoms with Crippen molar-refractivity contribution in [1.82, 2.24) is 10.2 Å². The fraction of sp³-hybridized carbons (Fsp3) is 0. The molecule has 0 aliphatic carbocycles. The zero-order valence-corrected chi connectivity index (χ0v) is 9.96. The highest BCUT2D eigenvalue weighted by atomic mass is 16.3. The van der Waals surface area contributed by atoms with E-state index in [4.69, 9.17) is 4.42 Å². The Labute approximate surface area is 109 Å². The van der Waals surface area contributed by atoms with E-state index in [2.05, 4.69) is 15.5 Å². The third kappa shape index (κ3) is 2.40. The maximum atomic E-state index is 12.0. The summed E-state index contributed by atoms with van der Waals surface area (Å²) in [6.45, 7) is 0. The second-order valence-electron chi connectivity index (χ2n) is 3.96. The molecule has 94 valence electrons. The Morgan fingerprint density at radius 2 is 2.00 bits per heavy atom. The molecule has 2 heterocycles. The summed E-state index contributed by atoms with van der Waals surface area (Å²) in [7, 11) is 0. The number of nitrogens with zero attached hydrogens (tertiary/aromatic N) is 1. The number of carbonyl (C=O) groups is 1. The number of nitrogens with one attached hydrogen (secondary N) is 2. The highest BCUT2D eigenvalue weighted by Gasteiger charge is 2.12. The van der Waals surface area contributed by atoms with Crippen LogP contribution in [0.5, 0.6) is 0 Å². The Kier molecular flexibility index (Phi) is 2.86. The van der Waals surface area contributed by atoms with Crippen LogP contribution in [0.4, 0.5) is 5.69 Å². The molecule has 2 aromatic heterocycles. The largest absolute Gasteiger partial charge is 0.463 e. The van der Waals surface area contributed by atoms with Crippen LogP contribution in [0.3, 0.4) is 0 Å². The van der Waals surface area contributed by atoms with Gasteiger partial charge in [-0.1, -0.05) is 18.2 Å². The van der Waals surface area contributed by atoms with Gasteiger partial charge in [0.05, 0.1) is 6.26 Å². The van der Waals surface area contributed by atoms with Gasteiger partial charge in [0.2, 0.25) is 0 Å². The summed E-state index contributed by atoms with van der Waals surface area (Å²) < 4.78 is 5.23. The molecule has 5 nitrogen and oxygen atoms in total. The van der Waals surface area contributed by atoms with E-state index in [9.17, 15) is 4.79 Å². The Balaban J connectivity index is 1.78. The standard InChI is InChI=1S/C14H11N3O2/c18-14(15-10-5-2-1-3-6-10)12-9-11(16-17-12)13-7-4-8-19-13/h1-9H,(H,15,18)(H,16,17). The van der Waals surface area contributed by atoms with E-state index >= 15 is 0 Å². The van der Waals surface area contributed by atoms with Gasteiger partial charge in [-0.15, -0.1) is 0 Å². The van der Waals surface area contributed by atoms with Crippen LogP contribution in [0, 0.1) is 0 Å². The van der Waals surface area contributed by atoms with Gasteiger partial charge in [0.1, 0.15) is 5.69 Å². The lowest BCUT2D eigenvalue weighted by atomic mass is 10.2. The number of amides is 1. The van der Waals surface area contributed by atoms with E-state index in [1.165, 1.54) is 0 Å². The van der Waals surface area contributed by atoms with Crippen LogP contribution in [-0.2, 0) is 0 Å². The average molecular weight is 253 g/mol. The first-order valence-corrected chi connectivity index (χ1v) is 5.78. The molecule has 0 spiro atoms. The van der Waals surface area contributed by atoms with Crippen molar-refractivity contribution in [2.24, 2.45) is 0 Å². The van der Waals surface area contributed by atoms with Gasteiger partial charge in [-0.3, -0.25) is 9.89 Å². The van der Waals surface area contributed by atoms with Crippen molar-refractivity contribution in [3.8, 4) is 11.5 Å². The van der Waals surface area contributed by atoms with Crippen molar-refractivity contribution < 1.29 is 9.21 Å². The number of anilines is 1. The smallest absolute Gasteiger partial charge is 0.276 e. The number of aromatic nitrogens is 2. The summed E-state index contributed by atoms with van der Waals surface area (Å²) in [6.07, 6.45) is 1.57. The molecule has 0 saturated carbocycles. The first-order valence-electron chi connectivity index (χ1n) is 5.78. The first kappa shape index (κ1) is 11.3. The van der Waals surface area contributed by atoms with Crippen molar-refractivity contribution >= 4 is 11.6 Å². The van der Waals surface area contributed by atoms with E-state index in [0.717, 1.165) is 5.69 Å². The summed E-state index contributed by atoms with van der Waals surface area (Å²) in [5, 5.41) is 9.51. The molecule has 0 aliphatic rings. The van der Waals surface area contributed by atoms with Crippen molar-refractivity contribution in [3.63, 3.8) is 0 Å². The van der Waals surface area contributed by atoms with E-state index in [1.807, 2.05) is 30.3 Å². The minimum Gasteiger partial charge on any atom is -0.463 e. The van der Waals surface area contributed by atoms with Crippen LogP contribution in [0.2, 0.25) is 0 Å². The fourth-order valence-corrected chi connectivity index (χ4v) is 1.71. The number of carbonyl (C=O) groups excluding carboxylic acids is 1. The van der Waals surface area contributed by atoms with Gasteiger partial charge in [-0.2, -0.15) is 5.10 Å². The van der Waals surface area contributed by atoms with Crippen molar-refractivity contribution in [1.29, 1.82) is 0 Å². The highest BCUT2D eigenvalue weighted by molar-refractivity contribution is 6.03. The number of benzene rings is 1. The molecule has 0 unspecified atom stereocenters. The molecule has 19 heavy (non-hydrogen) atoms. The molecule has 0 atom stereocenters. The molecule has 0 aliphatic heterocycles. The molecule has 3 rings (SSSR count). The van der Waals surface area contributed by atoms with E-state index in [-0.39, 0.29) is 5.91 Å². The van der Waals surface area contributed by atoms with E-state index < -0.39 is 0 Å². The molecule has 0 saturated heterocycles. The summed E-state index contributed by atoms with van der Waals surface area (Å²) in [6, 6.07) is 14.5. The lowest BCUT2D eigenvalue weighted by Crippen LogP contribution is -2.12. The third-order valence-corrected chi connectivity index (χ3v) is 2.63. The molecule has 0 radical (unpaired) electrons. The SMILES string of the molecule is O=C(Nc1ccccc1)c1cc(-c2ccco2)[nH]n1. The van der Waals surface area contributed by atoms with Crippen molar-refractivity contribution in [3.05, 3.63) is 60.5 Å². The van der Waals surface area contributed by atoms with Crippen LogP contribution in [0.15, 0.2) is 59.2 Å². The van der Waals surface area contributed by atoms with Crippen molar-refractivity contribution in [2.75, 3.05) is 5.32 Å². The summed E-state index contributed by atoms with van der Waals surface area (Å²) >= 11 is 0. The molecule has 2 N–H and O–H groups in total. The van der Waals surface area contributed by atoms with Gasteiger partial charge in [-0.25, -0.2) is 0 Å². The molecule has 0 fully saturated rings. The summed E-state index contributed by atoms with van der Waals surface area (Å²) in [4.78, 5) is 12.0. The number of para-hydroxylation sites is 1. The quantitative estimate of drug-likeness (QED) is 0.753. The topological polar surface area (TPSA) is 70.9 Å². The molecule has 0 bridgehead atoms. The Morgan fingerprint density at radius 3 is 2.74 bits per heavy atom. The minimum atomic E-state index is -0.264. The maximum absolute atomic E-state index is 12.0. The lowest BCUT2D eigenvalue weighted by molar-refractivity contribution is 0.102. The fourth-order valence-electron chi connectivity index (χ4n) is 1.71. The molecule has 1 aromatic carbocycles. The molecular weight excluding hydrogens is 242 g/mol. The van der Waals surface area contributed by atoms with Gasteiger partial charge >= 0.3 is 0 Å². The highest BCUT2D eigenvalue weighted by Crippen LogP contribution is 2.18. The average Bonchev–Trinajstić information content (AvgIpc) is 3.11. The molecular formula is C14H11N3O2. The second kappa shape index (κ2) is 4.81. The number of hydrogen-bond acceptors (Lipinski definition) is 3. The van der Waals surface area contributed by atoms with E-state index in [1.54, 1.807) is 24.5 Å². The monoisotopic (exact) mass is 253 g/mol. The number of furan rings is 1. The van der Waals surface area contributed by atoms with Gasteiger partial charge < -0.3 is 9.73 Å². The van der Waals surface area contributed by atoms with Gasteiger partial charge in [0, 0.05) is 11.8 Å². The molecule has 5 heteroatoms. The van der Waals surface area contributed by atoms with Crippen molar-refractivity contribution in [2.45, 2.75) is 0 Å². The number of hydrogen-bond donors (Lipinski definition) is 2. The normalized spacial score (nSPS) is 10.3. The van der Waals surface area contributed by atoms with Gasteiger partial charge in [0.15, 0.2) is 11.5 Å². The number of H-pyrrole nitrogens is 1. The predicted octanol–water partition coefficient (Wildman–Crippen LogP) is 2.92. The zero-order valence-electron chi connectivity index (χ0n) is 9.96. The van der Waals surface area contributed by atoms with Crippen LogP contribution >= 0.6 is 0 Å². The Bertz CT molecular complexity index is 672. The van der Waals surface area contributed by atoms with E-state index in [0.29, 0.717) is 17.1 Å². The zero-order chi connectivity index (χ0) is 13.1. The first-order chi connectivity index (χ1) is 9.33. The number of aromatic amines is 1. The second-order valence-corrected chi connectivity index (χ2v) is 3.96. The summed E-state index contributed by atoms with van der Waals surface area (Å²) in [5.41, 5.74) is 1.72. The Morgan fingerprint density at radius 1 is 1.16 bits per heavy atom. The summed E-state index contributed by atoms with van der Waals surface area (Å²) in [5.74, 6) is 0.381. The molecule has 1 amide bonds. The van der Waals surface area contributed by atoms with Gasteiger partial charge in [0.25, 0.3) is 5.91 Å². The van der Waals surface area contributed by atoms with Crippen LogP contribution in [0.25, 0.3) is 11.5 Å². The Hall–Kier alpha value is -2.82. The van der Waals surface area contributed by atoms with Gasteiger partial charge in [-0.05, 0) is 24.3 Å². The third-order valence-electron chi connectivity index (χ3n) is 2.63. The lowest BCUT2D eigenvalue weighted by Gasteiger charge is -2.01. The maximum Gasteiger partial charge on any atom is 0.276 e. The van der Waals surface area contributed by atoms with Crippen LogP contribution in [-0.4, -0.2) is 16.1 Å². The molecule has 3 aromatic rings. The van der Waals surface area contributed by atoms with Crippen LogP contribution in [0.1, 0.15) is 10.5 Å². The number of rotatable bonds is 3. The predicted molar refractivity (Wildman–Crippen MR) is 70.7 cm³/mol. The van der Waals surface area contributed by atoms with Crippen LogP contribution < -0.4 is 5.32 Å². The minimum absolute atomic E-state index is 0.264.